The lowest BCUT2D eigenvalue weighted by atomic mass is 10.3. The molecule has 0 spiro atoms. The molecule has 0 aliphatic rings. The third-order valence-electron chi connectivity index (χ3n) is 2.88. The van der Waals surface area contributed by atoms with Crippen LogP contribution in [0, 0.1) is 0 Å². The Morgan fingerprint density at radius 2 is 2.14 bits per heavy atom. The minimum absolute atomic E-state index is 0.00811. The van der Waals surface area contributed by atoms with E-state index in [1.165, 1.54) is 11.8 Å². The van der Waals surface area contributed by atoms with Gasteiger partial charge in [0.2, 0.25) is 10.0 Å². The normalized spacial score (nSPS) is 11.5. The smallest absolute Gasteiger partial charge is 0.234 e. The first-order valence-corrected chi connectivity index (χ1v) is 9.15. The molecule has 0 aliphatic heterocycles. The summed E-state index contributed by atoms with van der Waals surface area (Å²) in [5, 5.41) is 6.51. The van der Waals surface area contributed by atoms with Gasteiger partial charge >= 0.3 is 0 Å². The fourth-order valence-corrected chi connectivity index (χ4v) is 4.18. The molecule has 0 radical (unpaired) electrons. The highest BCUT2D eigenvalue weighted by molar-refractivity contribution is 8.01. The summed E-state index contributed by atoms with van der Waals surface area (Å²) < 4.78 is 26.6. The SMILES string of the molecule is CCc1cn[nH]c1NS(=O)(=O)CCSc1ccccc1N. The number of hydrogen-bond donors (Lipinski definition) is 3. The number of sulfonamides is 1. The summed E-state index contributed by atoms with van der Waals surface area (Å²) in [6, 6.07) is 7.41. The van der Waals surface area contributed by atoms with Gasteiger partial charge in [0.25, 0.3) is 0 Å². The number of hydrogen-bond acceptors (Lipinski definition) is 5. The minimum Gasteiger partial charge on any atom is -0.398 e. The van der Waals surface area contributed by atoms with Crippen LogP contribution in [0.3, 0.4) is 0 Å². The molecular formula is C13H18N4O2S2. The van der Waals surface area contributed by atoms with Gasteiger partial charge in [-0.2, -0.15) is 5.10 Å². The molecule has 0 saturated carbocycles. The number of anilines is 2. The maximum absolute atomic E-state index is 12.0. The van der Waals surface area contributed by atoms with Gasteiger partial charge in [0.15, 0.2) is 0 Å². The minimum atomic E-state index is -3.40. The van der Waals surface area contributed by atoms with Crippen LogP contribution in [0.4, 0.5) is 11.5 Å². The zero-order valence-electron chi connectivity index (χ0n) is 11.7. The van der Waals surface area contributed by atoms with E-state index in [9.17, 15) is 8.42 Å². The summed E-state index contributed by atoms with van der Waals surface area (Å²) in [6.45, 7) is 1.94. The molecule has 0 unspecified atom stereocenters. The number of aromatic nitrogens is 2. The second-order valence-corrected chi connectivity index (χ2v) is 7.41. The Morgan fingerprint density at radius 3 is 2.86 bits per heavy atom. The van der Waals surface area contributed by atoms with Crippen LogP contribution in [-0.2, 0) is 16.4 Å². The van der Waals surface area contributed by atoms with Crippen molar-refractivity contribution < 1.29 is 8.42 Å². The largest absolute Gasteiger partial charge is 0.398 e. The Labute approximate surface area is 128 Å². The van der Waals surface area contributed by atoms with E-state index in [0.717, 1.165) is 10.5 Å². The quantitative estimate of drug-likeness (QED) is 0.534. The predicted octanol–water partition coefficient (Wildman–Crippen LogP) is 2.09. The van der Waals surface area contributed by atoms with Crippen LogP contribution in [0.5, 0.6) is 0 Å². The molecule has 4 N–H and O–H groups in total. The first-order valence-electron chi connectivity index (χ1n) is 6.52. The summed E-state index contributed by atoms with van der Waals surface area (Å²) in [6.07, 6.45) is 2.33. The molecule has 1 aromatic heterocycles. The number of nitrogen functional groups attached to an aromatic ring is 1. The van der Waals surface area contributed by atoms with Crippen molar-refractivity contribution in [1.29, 1.82) is 0 Å². The molecule has 0 bridgehead atoms. The van der Waals surface area contributed by atoms with Gasteiger partial charge in [0, 0.05) is 21.9 Å². The summed E-state index contributed by atoms with van der Waals surface area (Å²) in [5.41, 5.74) is 7.33. The number of nitrogens with zero attached hydrogens (tertiary/aromatic N) is 1. The summed E-state index contributed by atoms with van der Waals surface area (Å²) in [4.78, 5) is 0.892. The Bertz CT molecular complexity index is 698. The highest BCUT2D eigenvalue weighted by atomic mass is 32.2. The zero-order valence-corrected chi connectivity index (χ0v) is 13.3. The highest BCUT2D eigenvalue weighted by Crippen LogP contribution is 2.24. The standard InChI is InChI=1S/C13H18N4O2S2/c1-2-10-9-15-16-13(10)17-21(18,19)8-7-20-12-6-4-3-5-11(12)14/h3-6,9H,2,7-8,14H2,1H3,(H2,15,16,17). The van der Waals surface area contributed by atoms with Gasteiger partial charge in [0.1, 0.15) is 5.82 Å². The third-order valence-corrected chi connectivity index (χ3v) is 5.49. The number of thioether (sulfide) groups is 1. The van der Waals surface area contributed by atoms with E-state index in [2.05, 4.69) is 14.9 Å². The maximum atomic E-state index is 12.0. The molecule has 6 nitrogen and oxygen atoms in total. The fraction of sp³-hybridized carbons (Fsp3) is 0.308. The van der Waals surface area contributed by atoms with Crippen molar-refractivity contribution >= 4 is 33.3 Å². The van der Waals surface area contributed by atoms with Gasteiger partial charge in [0.05, 0.1) is 11.9 Å². The van der Waals surface area contributed by atoms with Crippen LogP contribution < -0.4 is 10.5 Å². The third kappa shape index (κ3) is 4.40. The average Bonchev–Trinajstić information content (AvgIpc) is 2.87. The van der Waals surface area contributed by atoms with Gasteiger partial charge in [-0.05, 0) is 18.6 Å². The molecule has 1 aromatic carbocycles. The lowest BCUT2D eigenvalue weighted by Crippen LogP contribution is -2.19. The number of rotatable bonds is 7. The van der Waals surface area contributed by atoms with E-state index in [1.54, 1.807) is 12.3 Å². The van der Waals surface area contributed by atoms with Crippen LogP contribution >= 0.6 is 11.8 Å². The molecule has 2 rings (SSSR count). The lowest BCUT2D eigenvalue weighted by Gasteiger charge is -2.08. The number of H-pyrrole nitrogens is 1. The van der Waals surface area contributed by atoms with Crippen LogP contribution in [-0.4, -0.2) is 30.1 Å². The molecule has 8 heteroatoms. The van der Waals surface area contributed by atoms with Crippen LogP contribution in [0.2, 0.25) is 0 Å². The topological polar surface area (TPSA) is 101 Å². The molecule has 0 amide bonds. The summed E-state index contributed by atoms with van der Waals surface area (Å²) in [7, 11) is -3.40. The second-order valence-electron chi connectivity index (χ2n) is 4.43. The summed E-state index contributed by atoms with van der Waals surface area (Å²) in [5.74, 6) is 0.884. The Morgan fingerprint density at radius 1 is 1.38 bits per heavy atom. The van der Waals surface area contributed by atoms with Crippen molar-refractivity contribution in [2.45, 2.75) is 18.2 Å². The molecule has 2 aromatic rings. The first kappa shape index (κ1) is 15.7. The van der Waals surface area contributed by atoms with Crippen molar-refractivity contribution in [3.05, 3.63) is 36.0 Å². The Hall–Kier alpha value is -1.67. The van der Waals surface area contributed by atoms with Gasteiger partial charge in [-0.1, -0.05) is 19.1 Å². The maximum Gasteiger partial charge on any atom is 0.234 e. The molecule has 0 atom stereocenters. The molecule has 0 fully saturated rings. The van der Waals surface area contributed by atoms with Crippen molar-refractivity contribution in [2.24, 2.45) is 0 Å². The molecule has 114 valence electrons. The van der Waals surface area contributed by atoms with E-state index in [4.69, 9.17) is 5.73 Å². The first-order chi connectivity index (χ1) is 10.0. The number of benzene rings is 1. The summed E-state index contributed by atoms with van der Waals surface area (Å²) >= 11 is 1.43. The lowest BCUT2D eigenvalue weighted by molar-refractivity contribution is 0.602. The second kappa shape index (κ2) is 6.86. The van der Waals surface area contributed by atoms with Crippen molar-refractivity contribution in [3.8, 4) is 0 Å². The van der Waals surface area contributed by atoms with Crippen molar-refractivity contribution in [3.63, 3.8) is 0 Å². The van der Waals surface area contributed by atoms with Crippen LogP contribution in [0.25, 0.3) is 0 Å². The molecule has 0 aliphatic carbocycles. The Kier molecular flexibility index (Phi) is 5.13. The van der Waals surface area contributed by atoms with E-state index < -0.39 is 10.0 Å². The highest BCUT2D eigenvalue weighted by Gasteiger charge is 2.14. The van der Waals surface area contributed by atoms with Crippen molar-refractivity contribution in [2.75, 3.05) is 22.0 Å². The molecular weight excluding hydrogens is 308 g/mol. The molecule has 1 heterocycles. The number of nitrogens with two attached hydrogens (primary N) is 1. The van der Waals surface area contributed by atoms with E-state index in [1.807, 2.05) is 25.1 Å². The van der Waals surface area contributed by atoms with Gasteiger partial charge in [-0.15, -0.1) is 11.8 Å². The fourth-order valence-electron chi connectivity index (χ4n) is 1.75. The van der Waals surface area contributed by atoms with Crippen molar-refractivity contribution in [1.82, 2.24) is 10.2 Å². The number of aryl methyl sites for hydroxylation is 1. The Balaban J connectivity index is 1.92. The van der Waals surface area contributed by atoms with Gasteiger partial charge in [-0.3, -0.25) is 9.82 Å². The monoisotopic (exact) mass is 326 g/mol. The van der Waals surface area contributed by atoms with E-state index in [0.29, 0.717) is 23.7 Å². The van der Waals surface area contributed by atoms with E-state index in [-0.39, 0.29) is 5.75 Å². The number of nitrogens with one attached hydrogen (secondary N) is 2. The number of para-hydroxylation sites is 1. The van der Waals surface area contributed by atoms with E-state index >= 15 is 0 Å². The van der Waals surface area contributed by atoms with Crippen LogP contribution in [0.1, 0.15) is 12.5 Å². The molecule has 21 heavy (non-hydrogen) atoms. The van der Waals surface area contributed by atoms with Crippen LogP contribution in [0.15, 0.2) is 35.4 Å². The predicted molar refractivity (Wildman–Crippen MR) is 87.0 cm³/mol. The van der Waals surface area contributed by atoms with Gasteiger partial charge < -0.3 is 5.73 Å². The average molecular weight is 326 g/mol. The zero-order chi connectivity index (χ0) is 15.3. The number of aromatic amines is 1. The van der Waals surface area contributed by atoms with Gasteiger partial charge in [-0.25, -0.2) is 8.42 Å². The molecule has 0 saturated heterocycles.